The van der Waals surface area contributed by atoms with Gasteiger partial charge in [-0.3, -0.25) is 0 Å². The number of carboxylic acids is 1. The Morgan fingerprint density at radius 2 is 1.76 bits per heavy atom. The molecule has 0 fully saturated rings. The number of rotatable bonds is 3. The number of hydrogen-bond donors (Lipinski definition) is 1. The van der Waals surface area contributed by atoms with Gasteiger partial charge in [-0.1, -0.05) is 23.4 Å². The summed E-state index contributed by atoms with van der Waals surface area (Å²) in [5.74, 6) is -1.34. The minimum Gasteiger partial charge on any atom is -0.478 e. The first kappa shape index (κ1) is 15.7. The summed E-state index contributed by atoms with van der Waals surface area (Å²) in [5.41, 5.74) is -1.42. The zero-order chi connectivity index (χ0) is 15.6. The highest BCUT2D eigenvalue weighted by atomic mass is 35.5. The molecule has 1 aromatic carbocycles. The first-order valence-corrected chi connectivity index (χ1v) is 6.72. The van der Waals surface area contributed by atoms with Crippen molar-refractivity contribution in [3.05, 3.63) is 52.7 Å². The number of aromatic nitrogens is 1. The van der Waals surface area contributed by atoms with Gasteiger partial charge in [-0.05, 0) is 36.4 Å². The third kappa shape index (κ3) is 3.89. The van der Waals surface area contributed by atoms with Gasteiger partial charge in [0, 0.05) is 9.92 Å². The van der Waals surface area contributed by atoms with Gasteiger partial charge in [-0.25, -0.2) is 9.78 Å². The molecule has 0 amide bonds. The zero-order valence-electron chi connectivity index (χ0n) is 10.2. The molecular weight excluding hydrogens is 327 g/mol. The number of carbonyl (C=O) groups is 1. The molecule has 8 heteroatoms. The topological polar surface area (TPSA) is 50.2 Å². The highest BCUT2D eigenvalue weighted by molar-refractivity contribution is 7.99. The van der Waals surface area contributed by atoms with Crippen molar-refractivity contribution in [2.75, 3.05) is 0 Å². The lowest BCUT2D eigenvalue weighted by Crippen LogP contribution is -2.11. The Labute approximate surface area is 126 Å². The van der Waals surface area contributed by atoms with Crippen molar-refractivity contribution in [3.63, 3.8) is 0 Å². The third-order valence-electron chi connectivity index (χ3n) is 2.41. The van der Waals surface area contributed by atoms with Crippen LogP contribution in [0, 0.1) is 0 Å². The maximum Gasteiger partial charge on any atom is 0.433 e. The molecule has 0 aliphatic rings. The van der Waals surface area contributed by atoms with E-state index in [1.807, 2.05) is 0 Å². The second-order valence-electron chi connectivity index (χ2n) is 3.91. The van der Waals surface area contributed by atoms with Gasteiger partial charge in [0.1, 0.15) is 10.7 Å². The van der Waals surface area contributed by atoms with E-state index < -0.39 is 17.8 Å². The smallest absolute Gasteiger partial charge is 0.433 e. The van der Waals surface area contributed by atoms with Gasteiger partial charge in [0.25, 0.3) is 0 Å². The van der Waals surface area contributed by atoms with Crippen LogP contribution in [0.2, 0.25) is 5.02 Å². The Balaban J connectivity index is 2.43. The summed E-state index contributed by atoms with van der Waals surface area (Å²) >= 11 is 6.54. The SMILES string of the molecule is O=C(O)c1ccc(C(F)(F)F)nc1Sc1ccc(Cl)cc1. The first-order valence-electron chi connectivity index (χ1n) is 5.52. The number of alkyl halides is 3. The Bertz CT molecular complexity index is 674. The van der Waals surface area contributed by atoms with Crippen LogP contribution in [0.3, 0.4) is 0 Å². The molecule has 0 aliphatic carbocycles. The summed E-state index contributed by atoms with van der Waals surface area (Å²) in [6.45, 7) is 0. The summed E-state index contributed by atoms with van der Waals surface area (Å²) in [6.07, 6.45) is -4.63. The van der Waals surface area contributed by atoms with Crippen LogP contribution in [0.25, 0.3) is 0 Å². The lowest BCUT2D eigenvalue weighted by atomic mass is 10.2. The van der Waals surface area contributed by atoms with E-state index in [4.69, 9.17) is 16.7 Å². The average Bonchev–Trinajstić information content (AvgIpc) is 2.40. The summed E-state index contributed by atoms with van der Waals surface area (Å²) in [4.78, 5) is 15.0. The number of hydrogen-bond acceptors (Lipinski definition) is 3. The number of pyridine rings is 1. The molecule has 110 valence electrons. The normalized spacial score (nSPS) is 11.4. The van der Waals surface area contributed by atoms with E-state index in [9.17, 15) is 18.0 Å². The largest absolute Gasteiger partial charge is 0.478 e. The van der Waals surface area contributed by atoms with E-state index in [0.29, 0.717) is 16.0 Å². The van der Waals surface area contributed by atoms with Crippen LogP contribution in [0.15, 0.2) is 46.3 Å². The molecule has 0 atom stereocenters. The van der Waals surface area contributed by atoms with Gasteiger partial charge in [0.05, 0.1) is 5.56 Å². The minimum atomic E-state index is -4.63. The maximum absolute atomic E-state index is 12.7. The molecule has 0 radical (unpaired) electrons. The summed E-state index contributed by atoms with van der Waals surface area (Å²) in [7, 11) is 0. The average molecular weight is 334 g/mol. The van der Waals surface area contributed by atoms with Gasteiger partial charge < -0.3 is 5.11 Å². The van der Waals surface area contributed by atoms with Crippen LogP contribution < -0.4 is 0 Å². The molecule has 3 nitrogen and oxygen atoms in total. The summed E-state index contributed by atoms with van der Waals surface area (Å²) < 4.78 is 38.0. The molecule has 0 saturated carbocycles. The molecule has 0 unspecified atom stereocenters. The maximum atomic E-state index is 12.7. The number of carboxylic acid groups (broad SMARTS) is 1. The molecule has 2 rings (SSSR count). The standard InChI is InChI=1S/C13H7ClF3NO2S/c14-7-1-3-8(4-2-7)21-11-9(12(19)20)5-6-10(18-11)13(15,16)17/h1-6H,(H,19,20). The second kappa shape index (κ2) is 5.95. The van der Waals surface area contributed by atoms with Crippen molar-refractivity contribution in [3.8, 4) is 0 Å². The Hall–Kier alpha value is -1.73. The minimum absolute atomic E-state index is 0.223. The van der Waals surface area contributed by atoms with Crippen LogP contribution in [-0.4, -0.2) is 16.1 Å². The molecule has 21 heavy (non-hydrogen) atoms. The van der Waals surface area contributed by atoms with Crippen LogP contribution >= 0.6 is 23.4 Å². The van der Waals surface area contributed by atoms with Crippen LogP contribution in [-0.2, 0) is 6.18 Å². The van der Waals surface area contributed by atoms with E-state index in [0.717, 1.165) is 17.8 Å². The van der Waals surface area contributed by atoms with Crippen LogP contribution in [0.1, 0.15) is 16.1 Å². The van der Waals surface area contributed by atoms with E-state index in [1.165, 1.54) is 0 Å². The zero-order valence-corrected chi connectivity index (χ0v) is 11.8. The van der Waals surface area contributed by atoms with Crippen LogP contribution in [0.4, 0.5) is 13.2 Å². The van der Waals surface area contributed by atoms with Crippen molar-refractivity contribution < 1.29 is 23.1 Å². The molecule has 1 heterocycles. The lowest BCUT2D eigenvalue weighted by Gasteiger charge is -2.10. The molecular formula is C13H7ClF3NO2S. The van der Waals surface area contributed by atoms with Crippen molar-refractivity contribution in [1.29, 1.82) is 0 Å². The predicted molar refractivity (Wildman–Crippen MR) is 71.8 cm³/mol. The van der Waals surface area contributed by atoms with E-state index >= 15 is 0 Å². The van der Waals surface area contributed by atoms with Crippen molar-refractivity contribution in [2.45, 2.75) is 16.1 Å². The lowest BCUT2D eigenvalue weighted by molar-refractivity contribution is -0.141. The number of aromatic carboxylic acids is 1. The number of nitrogens with zero attached hydrogens (tertiary/aromatic N) is 1. The monoisotopic (exact) mass is 333 g/mol. The molecule has 0 saturated heterocycles. The van der Waals surface area contributed by atoms with Gasteiger partial charge in [0.15, 0.2) is 0 Å². The van der Waals surface area contributed by atoms with Crippen molar-refractivity contribution >= 4 is 29.3 Å². The van der Waals surface area contributed by atoms with Gasteiger partial charge >= 0.3 is 12.1 Å². The highest BCUT2D eigenvalue weighted by Crippen LogP contribution is 2.34. The van der Waals surface area contributed by atoms with Crippen LogP contribution in [0.5, 0.6) is 0 Å². The summed E-state index contributed by atoms with van der Waals surface area (Å²) in [6, 6.07) is 7.79. The molecule has 0 bridgehead atoms. The number of halogens is 4. The van der Waals surface area contributed by atoms with Crippen molar-refractivity contribution in [1.82, 2.24) is 4.98 Å². The predicted octanol–water partition coefficient (Wildman–Crippen LogP) is 4.60. The Kier molecular flexibility index (Phi) is 4.43. The Morgan fingerprint density at radius 3 is 2.29 bits per heavy atom. The van der Waals surface area contributed by atoms with Gasteiger partial charge in [-0.2, -0.15) is 13.2 Å². The van der Waals surface area contributed by atoms with E-state index in [2.05, 4.69) is 4.98 Å². The number of benzene rings is 1. The van der Waals surface area contributed by atoms with E-state index in [1.54, 1.807) is 24.3 Å². The van der Waals surface area contributed by atoms with E-state index in [-0.39, 0.29) is 10.6 Å². The molecule has 0 aliphatic heterocycles. The quantitative estimate of drug-likeness (QED) is 0.891. The Morgan fingerprint density at radius 1 is 1.14 bits per heavy atom. The fourth-order valence-electron chi connectivity index (χ4n) is 1.45. The fraction of sp³-hybridized carbons (Fsp3) is 0.0769. The second-order valence-corrected chi connectivity index (χ2v) is 5.41. The third-order valence-corrected chi connectivity index (χ3v) is 3.67. The fourth-order valence-corrected chi connectivity index (χ4v) is 2.48. The molecule has 1 N–H and O–H groups in total. The summed E-state index contributed by atoms with van der Waals surface area (Å²) in [5, 5.41) is 9.27. The van der Waals surface area contributed by atoms with Gasteiger partial charge in [0.2, 0.25) is 0 Å². The van der Waals surface area contributed by atoms with Crippen molar-refractivity contribution in [2.24, 2.45) is 0 Å². The highest BCUT2D eigenvalue weighted by Gasteiger charge is 2.33. The van der Waals surface area contributed by atoms with Gasteiger partial charge in [-0.15, -0.1) is 0 Å². The first-order chi connectivity index (χ1) is 9.77. The molecule has 1 aromatic heterocycles. The molecule has 0 spiro atoms. The molecule has 2 aromatic rings.